The lowest BCUT2D eigenvalue weighted by Crippen LogP contribution is -2.50. The quantitative estimate of drug-likeness (QED) is 0.717. The second-order valence-corrected chi connectivity index (χ2v) is 9.24. The number of aromatic nitrogens is 2. The van der Waals surface area contributed by atoms with Gasteiger partial charge in [-0.25, -0.2) is 9.48 Å². The maximum absolute atomic E-state index is 13.2. The monoisotopic (exact) mass is 443 g/mol. The largest absolute Gasteiger partial charge is 0.444 e. The number of anilines is 1. The van der Waals surface area contributed by atoms with Crippen molar-refractivity contribution in [2.24, 2.45) is 0 Å². The fourth-order valence-corrected chi connectivity index (χ4v) is 4.08. The van der Waals surface area contributed by atoms with E-state index in [1.54, 1.807) is 11.1 Å². The Balaban J connectivity index is 1.53. The zero-order valence-electron chi connectivity index (χ0n) is 18.6. The van der Waals surface area contributed by atoms with E-state index in [0.29, 0.717) is 43.4 Å². The van der Waals surface area contributed by atoms with Crippen molar-refractivity contribution >= 4 is 28.5 Å². The number of amides is 2. The van der Waals surface area contributed by atoms with E-state index in [4.69, 9.17) is 4.74 Å². The molecular weight excluding hydrogens is 414 g/mol. The Hall–Kier alpha value is -3.14. The smallest absolute Gasteiger partial charge is 0.410 e. The van der Waals surface area contributed by atoms with Crippen molar-refractivity contribution in [2.75, 3.05) is 31.1 Å². The number of aliphatic hydroxyl groups excluding tert-OH is 1. The number of hydrogen-bond donors (Lipinski definition) is 2. The van der Waals surface area contributed by atoms with Crippen LogP contribution in [0.3, 0.4) is 0 Å². The Morgan fingerprint density at radius 3 is 2.56 bits per heavy atom. The molecule has 2 fully saturated rings. The molecule has 0 saturated carbocycles. The third-order valence-electron chi connectivity index (χ3n) is 5.75. The normalized spacial score (nSPS) is 22.1. The molecule has 0 bridgehead atoms. The number of benzene rings is 1. The summed E-state index contributed by atoms with van der Waals surface area (Å²) >= 11 is 0. The molecule has 2 aliphatic heterocycles. The number of aliphatic hydroxyl groups is 1. The van der Waals surface area contributed by atoms with Crippen LogP contribution in [0.1, 0.15) is 39.7 Å². The van der Waals surface area contributed by atoms with Gasteiger partial charge in [-0.05, 0) is 39.3 Å². The van der Waals surface area contributed by atoms with E-state index in [1.165, 1.54) is 4.68 Å². The van der Waals surface area contributed by atoms with E-state index >= 15 is 0 Å². The summed E-state index contributed by atoms with van der Waals surface area (Å²) in [5, 5.41) is 18.1. The average Bonchev–Trinajstić information content (AvgIpc) is 2.73. The van der Waals surface area contributed by atoms with Crippen LogP contribution in [0.2, 0.25) is 0 Å². The molecule has 2 amide bonds. The maximum atomic E-state index is 13.2. The van der Waals surface area contributed by atoms with Crippen molar-refractivity contribution in [1.82, 2.24) is 20.0 Å². The second kappa shape index (κ2) is 8.42. The van der Waals surface area contributed by atoms with Crippen molar-refractivity contribution in [1.29, 1.82) is 0 Å². The summed E-state index contributed by atoms with van der Waals surface area (Å²) in [5.74, 6) is -0.240. The predicted octanol–water partition coefficient (Wildman–Crippen LogP) is 1.22. The Labute approximate surface area is 185 Å². The highest BCUT2D eigenvalue weighted by atomic mass is 16.6. The molecule has 1 aromatic heterocycles. The summed E-state index contributed by atoms with van der Waals surface area (Å²) in [5.41, 5.74) is 0.0421. The molecule has 2 N–H and O–H groups in total. The summed E-state index contributed by atoms with van der Waals surface area (Å²) < 4.78 is 6.71. The van der Waals surface area contributed by atoms with Crippen molar-refractivity contribution in [3.63, 3.8) is 0 Å². The average molecular weight is 444 g/mol. The molecule has 10 nitrogen and oxygen atoms in total. The molecule has 2 unspecified atom stereocenters. The second-order valence-electron chi connectivity index (χ2n) is 9.24. The van der Waals surface area contributed by atoms with Crippen LogP contribution in [-0.2, 0) is 9.53 Å². The van der Waals surface area contributed by atoms with Crippen LogP contribution in [0.25, 0.3) is 10.8 Å². The first-order valence-corrected chi connectivity index (χ1v) is 10.8. The van der Waals surface area contributed by atoms with E-state index in [0.717, 1.165) is 5.69 Å². The fourth-order valence-electron chi connectivity index (χ4n) is 4.08. The van der Waals surface area contributed by atoms with Gasteiger partial charge >= 0.3 is 6.09 Å². The van der Waals surface area contributed by atoms with Gasteiger partial charge in [0, 0.05) is 43.7 Å². The number of nitrogens with one attached hydrogen (secondary N) is 1. The van der Waals surface area contributed by atoms with Gasteiger partial charge in [0.05, 0.1) is 11.6 Å². The van der Waals surface area contributed by atoms with Crippen LogP contribution in [-0.4, -0.2) is 69.8 Å². The lowest BCUT2D eigenvalue weighted by Gasteiger charge is -2.36. The number of piperazine rings is 1. The number of nitrogens with zero attached hydrogens (tertiary/aromatic N) is 4. The third kappa shape index (κ3) is 4.55. The molecule has 2 atom stereocenters. The lowest BCUT2D eigenvalue weighted by molar-refractivity contribution is -0.128. The number of hydrogen-bond acceptors (Lipinski definition) is 7. The van der Waals surface area contributed by atoms with E-state index in [9.17, 15) is 19.5 Å². The van der Waals surface area contributed by atoms with E-state index in [-0.39, 0.29) is 24.0 Å². The minimum atomic E-state index is -1.15. The number of rotatable bonds is 2. The van der Waals surface area contributed by atoms with Gasteiger partial charge in [0.15, 0.2) is 0 Å². The summed E-state index contributed by atoms with van der Waals surface area (Å²) in [4.78, 5) is 40.8. The van der Waals surface area contributed by atoms with Crippen LogP contribution in [0.5, 0.6) is 0 Å². The van der Waals surface area contributed by atoms with Gasteiger partial charge in [-0.2, -0.15) is 5.10 Å². The summed E-state index contributed by atoms with van der Waals surface area (Å²) in [6.07, 6.45) is 0.711. The fraction of sp³-hybridized carbons (Fsp3) is 0.545. The molecule has 2 saturated heterocycles. The number of carbonyl (C=O) groups excluding carboxylic acids is 2. The SMILES string of the molecule is CC(C)(C)OC(=O)N1CCN(c2ccc3cnn(C4CCC(=O)NC4O)c(=O)c3c2)CC1. The zero-order valence-corrected chi connectivity index (χ0v) is 18.6. The van der Waals surface area contributed by atoms with Crippen LogP contribution >= 0.6 is 0 Å². The third-order valence-corrected chi connectivity index (χ3v) is 5.75. The number of piperidine rings is 1. The van der Waals surface area contributed by atoms with Gasteiger partial charge < -0.3 is 25.0 Å². The number of ether oxygens (including phenoxy) is 1. The molecule has 1 aromatic carbocycles. The first kappa shape index (κ1) is 22.1. The van der Waals surface area contributed by atoms with Gasteiger partial charge in [0.25, 0.3) is 5.56 Å². The number of fused-ring (bicyclic) bond motifs is 1. The highest BCUT2D eigenvalue weighted by molar-refractivity contribution is 5.84. The summed E-state index contributed by atoms with van der Waals surface area (Å²) in [6, 6.07) is 5.01. The Kier molecular flexibility index (Phi) is 5.81. The maximum Gasteiger partial charge on any atom is 0.410 e. The standard InChI is InChI=1S/C22H29N5O5/c1-22(2,3)32-21(31)26-10-8-25(9-11-26)15-5-4-14-13-23-27(20(30)16(14)12-15)17-6-7-18(28)24-19(17)29/h4-5,12-13,17,19,29H,6-11H2,1-3H3,(H,24,28). The zero-order chi connectivity index (χ0) is 23.0. The van der Waals surface area contributed by atoms with Crippen molar-refractivity contribution < 1.29 is 19.4 Å². The molecule has 10 heteroatoms. The highest BCUT2D eigenvalue weighted by Crippen LogP contribution is 2.24. The molecule has 0 spiro atoms. The molecule has 4 rings (SSSR count). The lowest BCUT2D eigenvalue weighted by atomic mass is 10.0. The first-order chi connectivity index (χ1) is 15.1. The minimum absolute atomic E-state index is 0.232. The van der Waals surface area contributed by atoms with E-state index in [1.807, 2.05) is 39.0 Å². The Bertz CT molecular complexity index is 1080. The summed E-state index contributed by atoms with van der Waals surface area (Å²) in [7, 11) is 0. The van der Waals surface area contributed by atoms with Gasteiger partial charge in [0.2, 0.25) is 5.91 Å². The molecule has 172 valence electrons. The van der Waals surface area contributed by atoms with Crippen LogP contribution in [0, 0.1) is 0 Å². The molecule has 32 heavy (non-hydrogen) atoms. The Morgan fingerprint density at radius 1 is 1.19 bits per heavy atom. The van der Waals surface area contributed by atoms with Gasteiger partial charge in [-0.1, -0.05) is 6.07 Å². The number of carbonyl (C=O) groups is 2. The van der Waals surface area contributed by atoms with E-state index in [2.05, 4.69) is 15.3 Å². The molecule has 2 aromatic rings. The van der Waals surface area contributed by atoms with Crippen LogP contribution in [0.4, 0.5) is 10.5 Å². The molecule has 0 radical (unpaired) electrons. The van der Waals surface area contributed by atoms with Gasteiger partial charge in [-0.15, -0.1) is 0 Å². The molecular formula is C22H29N5O5. The van der Waals surface area contributed by atoms with Crippen LogP contribution in [0.15, 0.2) is 29.2 Å². The van der Waals surface area contributed by atoms with Crippen LogP contribution < -0.4 is 15.8 Å². The molecule has 0 aliphatic carbocycles. The highest BCUT2D eigenvalue weighted by Gasteiger charge is 2.30. The van der Waals surface area contributed by atoms with Crippen molar-refractivity contribution in [3.8, 4) is 0 Å². The Morgan fingerprint density at radius 2 is 1.91 bits per heavy atom. The first-order valence-electron chi connectivity index (χ1n) is 10.8. The predicted molar refractivity (Wildman–Crippen MR) is 118 cm³/mol. The van der Waals surface area contributed by atoms with Gasteiger partial charge in [0.1, 0.15) is 17.9 Å². The van der Waals surface area contributed by atoms with Gasteiger partial charge in [-0.3, -0.25) is 9.59 Å². The minimum Gasteiger partial charge on any atom is -0.444 e. The van der Waals surface area contributed by atoms with E-state index < -0.39 is 17.9 Å². The topological polar surface area (TPSA) is 117 Å². The van der Waals surface area contributed by atoms with Crippen molar-refractivity contribution in [3.05, 3.63) is 34.7 Å². The molecule has 3 heterocycles. The molecule has 2 aliphatic rings. The summed E-state index contributed by atoms with van der Waals surface area (Å²) in [6.45, 7) is 7.84. The van der Waals surface area contributed by atoms with Crippen molar-refractivity contribution in [2.45, 2.75) is 51.5 Å².